The zero-order valence-corrected chi connectivity index (χ0v) is 19.3. The molecule has 4 nitrogen and oxygen atoms in total. The molecule has 3 fully saturated rings. The molecule has 3 atom stereocenters. The molecule has 172 valence electrons. The van der Waals surface area contributed by atoms with E-state index in [-0.39, 0.29) is 12.0 Å². The summed E-state index contributed by atoms with van der Waals surface area (Å²) in [5, 5.41) is 19.6. The van der Waals surface area contributed by atoms with Gasteiger partial charge in [0.2, 0.25) is 0 Å². The van der Waals surface area contributed by atoms with Crippen molar-refractivity contribution in [3.63, 3.8) is 0 Å². The molecule has 1 aromatic rings. The van der Waals surface area contributed by atoms with Crippen LogP contribution < -0.4 is 0 Å². The molecular formula is C28H38N2O2. The fourth-order valence-electron chi connectivity index (χ4n) is 6.71. The number of rotatable bonds is 8. The molecule has 4 heteroatoms. The summed E-state index contributed by atoms with van der Waals surface area (Å²) in [7, 11) is 0. The van der Waals surface area contributed by atoms with Crippen LogP contribution in [-0.4, -0.2) is 65.4 Å². The van der Waals surface area contributed by atoms with Crippen LogP contribution in [0.25, 0.3) is 0 Å². The van der Waals surface area contributed by atoms with Crippen molar-refractivity contribution in [2.24, 2.45) is 11.8 Å². The van der Waals surface area contributed by atoms with Crippen LogP contribution in [0.2, 0.25) is 0 Å². The molecule has 5 rings (SSSR count). The molecule has 1 aromatic carbocycles. The minimum atomic E-state index is 0.0790. The highest BCUT2D eigenvalue weighted by molar-refractivity contribution is 5.45. The van der Waals surface area contributed by atoms with Crippen LogP contribution in [0.3, 0.4) is 0 Å². The van der Waals surface area contributed by atoms with Gasteiger partial charge in [-0.25, -0.2) is 0 Å². The Hall–Kier alpha value is -1.88. The lowest BCUT2D eigenvalue weighted by Gasteiger charge is -2.60. The molecule has 0 amide bonds. The van der Waals surface area contributed by atoms with E-state index in [9.17, 15) is 10.2 Å². The van der Waals surface area contributed by atoms with E-state index in [0.29, 0.717) is 17.7 Å². The number of phenolic OH excluding ortho intramolecular Hbond substituents is 1. The first-order chi connectivity index (χ1) is 15.6. The summed E-state index contributed by atoms with van der Waals surface area (Å²) in [6.45, 7) is 9.54. The Labute approximate surface area is 192 Å². The first kappa shape index (κ1) is 21.9. The van der Waals surface area contributed by atoms with Crippen molar-refractivity contribution in [3.05, 3.63) is 65.8 Å². The lowest BCUT2D eigenvalue weighted by molar-refractivity contribution is -0.0373. The third kappa shape index (κ3) is 4.21. The Kier molecular flexibility index (Phi) is 6.28. The normalized spacial score (nSPS) is 30.8. The highest BCUT2D eigenvalue weighted by Gasteiger charge is 2.55. The minimum absolute atomic E-state index is 0.0790. The minimum Gasteiger partial charge on any atom is -0.508 e. The van der Waals surface area contributed by atoms with Gasteiger partial charge in [-0.1, -0.05) is 30.4 Å². The number of nitrogens with zero attached hydrogens (tertiary/aromatic N) is 2. The van der Waals surface area contributed by atoms with Gasteiger partial charge in [0.15, 0.2) is 0 Å². The van der Waals surface area contributed by atoms with Gasteiger partial charge < -0.3 is 10.2 Å². The summed E-state index contributed by atoms with van der Waals surface area (Å²) in [5.74, 6) is 1.95. The number of fused-ring (bicyclic) bond motifs is 1. The van der Waals surface area contributed by atoms with Gasteiger partial charge in [-0.15, -0.1) is 6.58 Å². The molecule has 2 saturated heterocycles. The second-order valence-corrected chi connectivity index (χ2v) is 10.4. The molecule has 2 heterocycles. The van der Waals surface area contributed by atoms with E-state index in [4.69, 9.17) is 0 Å². The maximum absolute atomic E-state index is 10.3. The predicted octanol–water partition coefficient (Wildman–Crippen LogP) is 4.04. The van der Waals surface area contributed by atoms with Crippen LogP contribution in [0.1, 0.15) is 43.2 Å². The van der Waals surface area contributed by atoms with E-state index in [2.05, 4.69) is 40.7 Å². The Balaban J connectivity index is 1.42. The van der Waals surface area contributed by atoms with E-state index in [1.54, 1.807) is 0 Å². The fourth-order valence-corrected chi connectivity index (χ4v) is 6.71. The monoisotopic (exact) mass is 434 g/mol. The molecule has 0 aromatic heterocycles. The van der Waals surface area contributed by atoms with Crippen molar-refractivity contribution in [2.45, 2.75) is 50.0 Å². The molecular weight excluding hydrogens is 396 g/mol. The number of aromatic hydroxyl groups is 1. The highest BCUT2D eigenvalue weighted by atomic mass is 16.3. The number of aliphatic hydroxyl groups is 1. The Morgan fingerprint density at radius 3 is 2.84 bits per heavy atom. The second kappa shape index (κ2) is 9.17. The van der Waals surface area contributed by atoms with Crippen molar-refractivity contribution < 1.29 is 10.2 Å². The largest absolute Gasteiger partial charge is 0.508 e. The average Bonchev–Trinajstić information content (AvgIpc) is 3.62. The van der Waals surface area contributed by atoms with Crippen molar-refractivity contribution in [1.82, 2.24) is 9.80 Å². The van der Waals surface area contributed by atoms with Crippen LogP contribution in [0.5, 0.6) is 5.75 Å². The fraction of sp³-hybridized carbons (Fsp3) is 0.571. The lowest BCUT2D eigenvalue weighted by atomic mass is 9.54. The number of hydrogen-bond acceptors (Lipinski definition) is 4. The molecule has 2 aliphatic heterocycles. The molecule has 0 unspecified atom stereocenters. The van der Waals surface area contributed by atoms with E-state index in [0.717, 1.165) is 38.4 Å². The van der Waals surface area contributed by atoms with Crippen LogP contribution in [0.15, 0.2) is 54.7 Å². The van der Waals surface area contributed by atoms with E-state index < -0.39 is 0 Å². The summed E-state index contributed by atoms with van der Waals surface area (Å²) in [4.78, 5) is 5.45. The van der Waals surface area contributed by atoms with E-state index in [1.165, 1.54) is 55.5 Å². The standard InChI is InChI=1S/C28H38N2O2/c1-2-3-5-21(6-4-15-31)18-29-13-11-28-12-14-30(19-22-7-8-22)27(26(28)20-29)16-23-9-10-24(32)17-25(23)28/h2,4-6,9-10,17,22,26-27,31-32H,1,3,7-8,11-16,18-20H2/b6-4-,21-5+/t26-,27+,28-/m0/s1. The van der Waals surface area contributed by atoms with Gasteiger partial charge in [0.25, 0.3) is 0 Å². The molecule has 4 aliphatic rings. The number of aliphatic hydroxyl groups excluding tert-OH is 1. The van der Waals surface area contributed by atoms with E-state index >= 15 is 0 Å². The van der Waals surface area contributed by atoms with Crippen LogP contribution in [0, 0.1) is 11.8 Å². The zero-order valence-electron chi connectivity index (χ0n) is 19.3. The molecule has 2 N–H and O–H groups in total. The van der Waals surface area contributed by atoms with Crippen LogP contribution in [0.4, 0.5) is 0 Å². The van der Waals surface area contributed by atoms with Crippen molar-refractivity contribution >= 4 is 0 Å². The summed E-state index contributed by atoms with van der Waals surface area (Å²) in [6.07, 6.45) is 15.3. The molecule has 32 heavy (non-hydrogen) atoms. The average molecular weight is 435 g/mol. The summed E-state index contributed by atoms with van der Waals surface area (Å²) >= 11 is 0. The summed E-state index contributed by atoms with van der Waals surface area (Å²) in [6, 6.07) is 6.77. The van der Waals surface area contributed by atoms with Gasteiger partial charge >= 0.3 is 0 Å². The maximum Gasteiger partial charge on any atom is 0.115 e. The van der Waals surface area contributed by atoms with Gasteiger partial charge in [0.1, 0.15) is 5.75 Å². The lowest BCUT2D eigenvalue weighted by Crippen LogP contribution is -2.65. The Bertz CT molecular complexity index is 903. The quantitative estimate of drug-likeness (QED) is 0.479. The molecule has 2 bridgehead atoms. The van der Waals surface area contributed by atoms with Crippen molar-refractivity contribution in [1.29, 1.82) is 0 Å². The topological polar surface area (TPSA) is 46.9 Å². The first-order valence-corrected chi connectivity index (χ1v) is 12.5. The predicted molar refractivity (Wildman–Crippen MR) is 130 cm³/mol. The number of phenols is 1. The van der Waals surface area contributed by atoms with Crippen molar-refractivity contribution in [3.8, 4) is 5.75 Å². The van der Waals surface area contributed by atoms with Gasteiger partial charge in [-0.2, -0.15) is 0 Å². The number of likely N-dealkylation sites (tertiary alicyclic amines) is 2. The maximum atomic E-state index is 10.3. The summed E-state index contributed by atoms with van der Waals surface area (Å²) in [5.41, 5.74) is 4.38. The second-order valence-electron chi connectivity index (χ2n) is 10.4. The molecule has 0 radical (unpaired) electrons. The van der Waals surface area contributed by atoms with Crippen LogP contribution in [-0.2, 0) is 11.8 Å². The molecule has 1 saturated carbocycles. The van der Waals surface area contributed by atoms with Gasteiger partial charge in [-0.3, -0.25) is 9.80 Å². The summed E-state index contributed by atoms with van der Waals surface area (Å²) < 4.78 is 0. The smallest absolute Gasteiger partial charge is 0.115 e. The number of hydrogen-bond donors (Lipinski definition) is 2. The molecule has 2 aliphatic carbocycles. The van der Waals surface area contributed by atoms with Crippen molar-refractivity contribution in [2.75, 3.05) is 39.3 Å². The zero-order chi connectivity index (χ0) is 22.1. The van der Waals surface area contributed by atoms with Crippen LogP contribution >= 0.6 is 0 Å². The number of allylic oxidation sites excluding steroid dienone is 2. The SMILES string of the molecule is C=CC/C=C(\C=C/CO)CN1CC[C@]23CCN(CC4CC4)[C@H](Cc4ccc(O)cc42)[C@@H]3C1. The highest BCUT2D eigenvalue weighted by Crippen LogP contribution is 2.54. The van der Waals surface area contributed by atoms with Gasteiger partial charge in [0.05, 0.1) is 6.61 Å². The third-order valence-corrected chi connectivity index (χ3v) is 8.46. The Morgan fingerprint density at radius 1 is 1.22 bits per heavy atom. The number of piperidine rings is 2. The van der Waals surface area contributed by atoms with E-state index in [1.807, 2.05) is 18.2 Å². The first-order valence-electron chi connectivity index (χ1n) is 12.5. The Morgan fingerprint density at radius 2 is 2.06 bits per heavy atom. The van der Waals surface area contributed by atoms with Gasteiger partial charge in [0, 0.05) is 31.1 Å². The third-order valence-electron chi connectivity index (χ3n) is 8.46. The molecule has 0 spiro atoms. The van der Waals surface area contributed by atoms with Gasteiger partial charge in [-0.05, 0) is 92.3 Å². The number of benzene rings is 1.